The summed E-state index contributed by atoms with van der Waals surface area (Å²) in [6.07, 6.45) is 17.7. The van der Waals surface area contributed by atoms with E-state index in [9.17, 15) is 9.18 Å². The number of esters is 1. The second-order valence-electron chi connectivity index (χ2n) is 8.96. The number of rotatable bonds is 13. The van der Waals surface area contributed by atoms with Crippen LogP contribution >= 0.6 is 0 Å². The van der Waals surface area contributed by atoms with E-state index >= 15 is 0 Å². The lowest BCUT2D eigenvalue weighted by Crippen LogP contribution is -2.17. The monoisotopic (exact) mass is 404 g/mol. The highest BCUT2D eigenvalue weighted by atomic mass is 19.1. The number of benzene rings is 1. The van der Waals surface area contributed by atoms with E-state index in [4.69, 9.17) is 4.74 Å². The molecule has 0 saturated heterocycles. The molecular formula is C26H41FO2. The maximum absolute atomic E-state index is 14.0. The lowest BCUT2D eigenvalue weighted by atomic mass is 9.78. The fourth-order valence-electron chi connectivity index (χ4n) is 4.59. The molecule has 1 aromatic carbocycles. The Morgan fingerprint density at radius 1 is 0.931 bits per heavy atom. The van der Waals surface area contributed by atoms with Gasteiger partial charge in [-0.25, -0.2) is 4.39 Å². The highest BCUT2D eigenvalue weighted by Crippen LogP contribution is 2.34. The Labute approximate surface area is 177 Å². The molecule has 164 valence electrons. The third-order valence-corrected chi connectivity index (χ3v) is 6.46. The normalized spacial score (nSPS) is 19.3. The Bertz CT molecular complexity index is 590. The van der Waals surface area contributed by atoms with Crippen LogP contribution in [-0.4, -0.2) is 5.97 Å². The fourth-order valence-corrected chi connectivity index (χ4v) is 4.59. The molecule has 1 aromatic rings. The van der Waals surface area contributed by atoms with Gasteiger partial charge in [0.25, 0.3) is 0 Å². The number of carbonyl (C=O) groups excluding carboxylic acids is 1. The van der Waals surface area contributed by atoms with Gasteiger partial charge in [-0.15, -0.1) is 0 Å². The lowest BCUT2D eigenvalue weighted by Gasteiger charge is -2.28. The van der Waals surface area contributed by atoms with Crippen LogP contribution in [0.2, 0.25) is 0 Å². The molecule has 29 heavy (non-hydrogen) atoms. The minimum atomic E-state index is -0.277. The van der Waals surface area contributed by atoms with E-state index in [1.165, 1.54) is 76.7 Å². The van der Waals surface area contributed by atoms with Crippen LogP contribution in [0.4, 0.5) is 4.39 Å². The third kappa shape index (κ3) is 9.31. The molecule has 1 aliphatic rings. The molecule has 2 rings (SSSR count). The molecule has 0 amide bonds. The van der Waals surface area contributed by atoms with Gasteiger partial charge in [0, 0.05) is 12.5 Å². The zero-order chi connectivity index (χ0) is 20.9. The molecule has 1 aliphatic carbocycles. The van der Waals surface area contributed by atoms with Gasteiger partial charge >= 0.3 is 5.97 Å². The molecule has 0 unspecified atom stereocenters. The fraction of sp³-hybridized carbons (Fsp3) is 0.731. The van der Waals surface area contributed by atoms with Crippen molar-refractivity contribution in [2.24, 2.45) is 11.8 Å². The van der Waals surface area contributed by atoms with Gasteiger partial charge in [0.1, 0.15) is 11.6 Å². The summed E-state index contributed by atoms with van der Waals surface area (Å²) in [6.45, 7) is 4.29. The smallest absolute Gasteiger partial charge is 0.311 e. The molecule has 0 N–H and O–H groups in total. The van der Waals surface area contributed by atoms with Crippen molar-refractivity contribution in [3.8, 4) is 5.75 Å². The summed E-state index contributed by atoms with van der Waals surface area (Å²) in [5.41, 5.74) is 0.685. The van der Waals surface area contributed by atoms with Crippen molar-refractivity contribution in [1.82, 2.24) is 0 Å². The van der Waals surface area contributed by atoms with Crippen molar-refractivity contribution in [2.75, 3.05) is 0 Å². The standard InChI is InChI=1S/C26H41FO2/c1-3-5-6-7-8-9-11-21-12-14-22(15-13-21)16-19-26(28)29-24-18-17-23(10-4-2)25(27)20-24/h17-18,20-22H,3-16,19H2,1-2H3/t21-,22-. The molecule has 3 heteroatoms. The summed E-state index contributed by atoms with van der Waals surface area (Å²) < 4.78 is 19.3. The van der Waals surface area contributed by atoms with Crippen molar-refractivity contribution in [3.63, 3.8) is 0 Å². The van der Waals surface area contributed by atoms with Crippen LogP contribution in [0.3, 0.4) is 0 Å². The van der Waals surface area contributed by atoms with E-state index in [1.807, 2.05) is 6.92 Å². The van der Waals surface area contributed by atoms with E-state index in [1.54, 1.807) is 12.1 Å². The van der Waals surface area contributed by atoms with E-state index in [-0.39, 0.29) is 11.8 Å². The number of carbonyl (C=O) groups is 1. The second kappa shape index (κ2) is 13.8. The Morgan fingerprint density at radius 3 is 2.24 bits per heavy atom. The lowest BCUT2D eigenvalue weighted by molar-refractivity contribution is -0.134. The predicted octanol–water partition coefficient (Wildman–Crippen LogP) is 8.02. The van der Waals surface area contributed by atoms with Gasteiger partial charge in [0.15, 0.2) is 0 Å². The highest BCUT2D eigenvalue weighted by molar-refractivity contribution is 5.72. The average molecular weight is 405 g/mol. The van der Waals surface area contributed by atoms with Crippen LogP contribution in [0.25, 0.3) is 0 Å². The first-order valence-corrected chi connectivity index (χ1v) is 12.1. The number of hydrogen-bond donors (Lipinski definition) is 0. The van der Waals surface area contributed by atoms with Gasteiger partial charge in [0.05, 0.1) is 0 Å². The molecule has 0 radical (unpaired) electrons. The van der Waals surface area contributed by atoms with E-state index in [2.05, 4.69) is 6.92 Å². The summed E-state index contributed by atoms with van der Waals surface area (Å²) >= 11 is 0. The summed E-state index contributed by atoms with van der Waals surface area (Å²) in [7, 11) is 0. The number of aryl methyl sites for hydroxylation is 1. The summed E-state index contributed by atoms with van der Waals surface area (Å²) in [4.78, 5) is 12.1. The van der Waals surface area contributed by atoms with Crippen molar-refractivity contribution in [2.45, 2.75) is 110 Å². The van der Waals surface area contributed by atoms with Crippen molar-refractivity contribution in [1.29, 1.82) is 0 Å². The first kappa shape index (κ1) is 23.9. The Hall–Kier alpha value is -1.38. The van der Waals surface area contributed by atoms with Crippen molar-refractivity contribution in [3.05, 3.63) is 29.6 Å². The van der Waals surface area contributed by atoms with Gasteiger partial charge in [-0.2, -0.15) is 0 Å². The largest absolute Gasteiger partial charge is 0.426 e. The van der Waals surface area contributed by atoms with Crippen molar-refractivity contribution < 1.29 is 13.9 Å². The van der Waals surface area contributed by atoms with Crippen LogP contribution in [0.5, 0.6) is 5.75 Å². The molecule has 0 aliphatic heterocycles. The van der Waals surface area contributed by atoms with E-state index < -0.39 is 0 Å². The number of hydrogen-bond acceptors (Lipinski definition) is 2. The van der Waals surface area contributed by atoms with Crippen LogP contribution in [0.1, 0.15) is 109 Å². The molecular weight excluding hydrogens is 363 g/mol. The molecule has 0 heterocycles. The van der Waals surface area contributed by atoms with Gasteiger partial charge in [-0.05, 0) is 36.3 Å². The maximum Gasteiger partial charge on any atom is 0.311 e. The number of halogens is 1. The summed E-state index contributed by atoms with van der Waals surface area (Å²) in [5, 5.41) is 0. The first-order valence-electron chi connectivity index (χ1n) is 12.1. The molecule has 0 bridgehead atoms. The average Bonchev–Trinajstić information content (AvgIpc) is 2.72. The minimum absolute atomic E-state index is 0.234. The quantitative estimate of drug-likeness (QED) is 0.189. The molecule has 0 atom stereocenters. The van der Waals surface area contributed by atoms with Gasteiger partial charge in [0.2, 0.25) is 0 Å². The van der Waals surface area contributed by atoms with Crippen LogP contribution < -0.4 is 4.74 Å². The maximum atomic E-state index is 14.0. The number of ether oxygens (including phenoxy) is 1. The Balaban J connectivity index is 1.59. The highest BCUT2D eigenvalue weighted by Gasteiger charge is 2.21. The summed E-state index contributed by atoms with van der Waals surface area (Å²) in [5.74, 6) is 1.36. The Morgan fingerprint density at radius 2 is 1.59 bits per heavy atom. The molecule has 1 saturated carbocycles. The predicted molar refractivity (Wildman–Crippen MR) is 119 cm³/mol. The number of unbranched alkanes of at least 4 members (excludes halogenated alkanes) is 5. The van der Waals surface area contributed by atoms with Gasteiger partial charge in [-0.3, -0.25) is 4.79 Å². The zero-order valence-corrected chi connectivity index (χ0v) is 18.7. The third-order valence-electron chi connectivity index (χ3n) is 6.46. The SMILES string of the molecule is CCCCCCCC[C@H]1CC[C@H](CCC(=O)Oc2ccc(CCC)c(F)c2)CC1. The molecule has 2 nitrogen and oxygen atoms in total. The minimum Gasteiger partial charge on any atom is -0.426 e. The molecule has 1 fully saturated rings. The van der Waals surface area contributed by atoms with Gasteiger partial charge in [-0.1, -0.05) is 97.0 Å². The zero-order valence-electron chi connectivity index (χ0n) is 18.7. The first-order chi connectivity index (χ1) is 14.1. The summed E-state index contributed by atoms with van der Waals surface area (Å²) in [6, 6.07) is 4.78. The van der Waals surface area contributed by atoms with Crippen molar-refractivity contribution >= 4 is 5.97 Å². The molecule has 0 spiro atoms. The molecule has 0 aromatic heterocycles. The van der Waals surface area contributed by atoms with E-state index in [0.717, 1.165) is 18.8 Å². The topological polar surface area (TPSA) is 26.3 Å². The van der Waals surface area contributed by atoms with Crippen LogP contribution in [-0.2, 0) is 11.2 Å². The second-order valence-corrected chi connectivity index (χ2v) is 8.96. The van der Waals surface area contributed by atoms with Crippen LogP contribution in [0, 0.1) is 17.7 Å². The van der Waals surface area contributed by atoms with Gasteiger partial charge < -0.3 is 4.74 Å². The van der Waals surface area contributed by atoms with Crippen LogP contribution in [0.15, 0.2) is 18.2 Å². The van der Waals surface area contributed by atoms with E-state index in [0.29, 0.717) is 30.1 Å². The Kier molecular flexibility index (Phi) is 11.3.